The van der Waals surface area contributed by atoms with Gasteiger partial charge >= 0.3 is 0 Å². The fraction of sp³-hybridized carbons (Fsp3) is 0.391. The molecule has 0 saturated heterocycles. The van der Waals surface area contributed by atoms with Crippen LogP contribution in [0, 0.1) is 13.8 Å². The number of carbonyl (C=O) groups excluding carboxylic acids is 2. The topological polar surface area (TPSA) is 49.4 Å². The molecule has 0 aliphatic rings. The van der Waals surface area contributed by atoms with Gasteiger partial charge in [0.25, 0.3) is 0 Å². The van der Waals surface area contributed by atoms with E-state index in [0.29, 0.717) is 6.54 Å². The summed E-state index contributed by atoms with van der Waals surface area (Å²) in [5, 5.41) is 2.91. The highest BCUT2D eigenvalue weighted by Crippen LogP contribution is 2.25. The molecule has 1 N–H and O–H groups in total. The number of hydrogen-bond acceptors (Lipinski definition) is 2. The fourth-order valence-electron chi connectivity index (χ4n) is 2.87. The van der Waals surface area contributed by atoms with Crippen molar-refractivity contribution in [2.45, 2.75) is 53.4 Å². The van der Waals surface area contributed by atoms with E-state index in [0.717, 1.165) is 16.9 Å². The molecular weight excluding hydrogens is 336 g/mol. The lowest BCUT2D eigenvalue weighted by molar-refractivity contribution is -0.117. The molecule has 0 aliphatic carbocycles. The van der Waals surface area contributed by atoms with Crippen molar-refractivity contribution in [2.75, 3.05) is 16.8 Å². The number of amides is 2. The van der Waals surface area contributed by atoms with Gasteiger partial charge < -0.3 is 10.2 Å². The van der Waals surface area contributed by atoms with Crippen molar-refractivity contribution < 1.29 is 9.59 Å². The van der Waals surface area contributed by atoms with Crippen LogP contribution in [0.2, 0.25) is 0 Å². The van der Waals surface area contributed by atoms with Gasteiger partial charge in [-0.3, -0.25) is 9.59 Å². The van der Waals surface area contributed by atoms with Crippen LogP contribution in [0.4, 0.5) is 11.4 Å². The SMILES string of the molecule is CC(=O)N(CCC(=O)Nc1ccc(C)c(C)c1)c1ccc(C(C)(C)C)cc1. The van der Waals surface area contributed by atoms with Gasteiger partial charge in [-0.05, 0) is 60.2 Å². The Balaban J connectivity index is 2.02. The number of benzene rings is 2. The smallest absolute Gasteiger partial charge is 0.226 e. The standard InChI is InChI=1S/C23H30N2O2/c1-16-7-10-20(15-17(16)2)24-22(27)13-14-25(18(3)26)21-11-8-19(9-12-21)23(4,5)6/h7-12,15H,13-14H2,1-6H3,(H,24,27). The summed E-state index contributed by atoms with van der Waals surface area (Å²) in [7, 11) is 0. The zero-order valence-electron chi connectivity index (χ0n) is 17.2. The van der Waals surface area contributed by atoms with Crippen molar-refractivity contribution >= 4 is 23.2 Å². The first kappa shape index (κ1) is 20.7. The Hall–Kier alpha value is -2.62. The van der Waals surface area contributed by atoms with E-state index < -0.39 is 0 Å². The second-order valence-electron chi connectivity index (χ2n) is 8.06. The maximum absolute atomic E-state index is 12.3. The Morgan fingerprint density at radius 2 is 1.59 bits per heavy atom. The van der Waals surface area contributed by atoms with Crippen molar-refractivity contribution in [1.82, 2.24) is 0 Å². The zero-order valence-corrected chi connectivity index (χ0v) is 17.2. The van der Waals surface area contributed by atoms with Gasteiger partial charge in [-0.15, -0.1) is 0 Å². The first-order valence-electron chi connectivity index (χ1n) is 9.33. The number of carbonyl (C=O) groups is 2. The molecule has 144 valence electrons. The fourth-order valence-corrected chi connectivity index (χ4v) is 2.87. The lowest BCUT2D eigenvalue weighted by atomic mass is 9.87. The predicted molar refractivity (Wildman–Crippen MR) is 112 cm³/mol. The summed E-state index contributed by atoms with van der Waals surface area (Å²) in [6.07, 6.45) is 0.244. The van der Waals surface area contributed by atoms with E-state index in [2.05, 4.69) is 26.1 Å². The highest BCUT2D eigenvalue weighted by atomic mass is 16.2. The van der Waals surface area contributed by atoms with Crippen LogP contribution in [0.15, 0.2) is 42.5 Å². The van der Waals surface area contributed by atoms with Gasteiger partial charge in [0.1, 0.15) is 0 Å². The van der Waals surface area contributed by atoms with Crippen LogP contribution in [0.1, 0.15) is 50.8 Å². The zero-order chi connectivity index (χ0) is 20.2. The van der Waals surface area contributed by atoms with Crippen LogP contribution in [-0.4, -0.2) is 18.4 Å². The number of nitrogens with one attached hydrogen (secondary N) is 1. The summed E-state index contributed by atoms with van der Waals surface area (Å²) in [4.78, 5) is 26.0. The molecule has 2 aromatic rings. The molecular formula is C23H30N2O2. The number of hydrogen-bond donors (Lipinski definition) is 1. The van der Waals surface area contributed by atoms with Gasteiger partial charge in [-0.1, -0.05) is 39.0 Å². The van der Waals surface area contributed by atoms with Gasteiger partial charge in [0.2, 0.25) is 11.8 Å². The van der Waals surface area contributed by atoms with Crippen molar-refractivity contribution in [3.63, 3.8) is 0 Å². The molecule has 0 atom stereocenters. The maximum Gasteiger partial charge on any atom is 0.226 e. The van der Waals surface area contributed by atoms with Gasteiger partial charge in [-0.2, -0.15) is 0 Å². The first-order valence-corrected chi connectivity index (χ1v) is 9.33. The Bertz CT molecular complexity index is 817. The van der Waals surface area contributed by atoms with Crippen LogP contribution in [-0.2, 0) is 15.0 Å². The molecule has 0 heterocycles. The molecule has 0 saturated carbocycles. The summed E-state index contributed by atoms with van der Waals surface area (Å²) >= 11 is 0. The van der Waals surface area contributed by atoms with E-state index in [9.17, 15) is 9.59 Å². The molecule has 0 spiro atoms. The van der Waals surface area contributed by atoms with Crippen LogP contribution < -0.4 is 10.2 Å². The van der Waals surface area contributed by atoms with Crippen molar-refractivity contribution in [2.24, 2.45) is 0 Å². The molecule has 0 aromatic heterocycles. The van der Waals surface area contributed by atoms with Gasteiger partial charge in [0.05, 0.1) is 0 Å². The summed E-state index contributed by atoms with van der Waals surface area (Å²) in [5.74, 6) is -0.173. The minimum atomic E-state index is -0.101. The quantitative estimate of drug-likeness (QED) is 0.811. The predicted octanol–water partition coefficient (Wildman–Crippen LogP) is 4.98. The van der Waals surface area contributed by atoms with Crippen LogP contribution >= 0.6 is 0 Å². The van der Waals surface area contributed by atoms with Crippen molar-refractivity contribution in [1.29, 1.82) is 0 Å². The molecule has 2 aromatic carbocycles. The second kappa shape index (κ2) is 8.38. The minimum absolute atomic E-state index is 0.0611. The Morgan fingerprint density at radius 3 is 2.11 bits per heavy atom. The van der Waals surface area contributed by atoms with Crippen LogP contribution in [0.3, 0.4) is 0 Å². The summed E-state index contributed by atoms with van der Waals surface area (Å²) in [6, 6.07) is 13.8. The van der Waals surface area contributed by atoms with E-state index in [4.69, 9.17) is 0 Å². The Kier molecular flexibility index (Phi) is 6.42. The van der Waals surface area contributed by atoms with Gasteiger partial charge in [0, 0.05) is 31.3 Å². The van der Waals surface area contributed by atoms with Gasteiger partial charge in [-0.25, -0.2) is 0 Å². The molecule has 4 nitrogen and oxygen atoms in total. The molecule has 0 aliphatic heterocycles. The number of aryl methyl sites for hydroxylation is 2. The number of nitrogens with zero attached hydrogens (tertiary/aromatic N) is 1. The van der Waals surface area contributed by atoms with Crippen molar-refractivity contribution in [3.05, 3.63) is 59.2 Å². The Labute approximate surface area is 162 Å². The molecule has 0 bridgehead atoms. The number of rotatable bonds is 5. The minimum Gasteiger partial charge on any atom is -0.326 e. The lowest BCUT2D eigenvalue weighted by Gasteiger charge is -2.23. The van der Waals surface area contributed by atoms with E-state index in [1.165, 1.54) is 18.1 Å². The first-order chi connectivity index (χ1) is 12.6. The summed E-state index contributed by atoms with van der Waals surface area (Å²) < 4.78 is 0. The normalized spacial score (nSPS) is 11.2. The molecule has 2 amide bonds. The molecule has 0 unspecified atom stereocenters. The third kappa shape index (κ3) is 5.68. The number of anilines is 2. The molecule has 2 rings (SSSR count). The van der Waals surface area contributed by atoms with E-state index >= 15 is 0 Å². The largest absolute Gasteiger partial charge is 0.326 e. The second-order valence-corrected chi connectivity index (χ2v) is 8.06. The van der Waals surface area contributed by atoms with E-state index in [1.54, 1.807) is 4.90 Å². The monoisotopic (exact) mass is 366 g/mol. The van der Waals surface area contributed by atoms with Crippen LogP contribution in [0.5, 0.6) is 0 Å². The molecule has 4 heteroatoms. The average molecular weight is 367 g/mol. The lowest BCUT2D eigenvalue weighted by Crippen LogP contribution is -2.32. The third-order valence-electron chi connectivity index (χ3n) is 4.78. The molecule has 0 radical (unpaired) electrons. The summed E-state index contributed by atoms with van der Waals surface area (Å²) in [5.41, 5.74) is 5.20. The molecule has 27 heavy (non-hydrogen) atoms. The average Bonchev–Trinajstić information content (AvgIpc) is 2.58. The maximum atomic E-state index is 12.3. The van der Waals surface area contributed by atoms with E-state index in [-0.39, 0.29) is 23.7 Å². The highest BCUT2D eigenvalue weighted by molar-refractivity contribution is 5.94. The third-order valence-corrected chi connectivity index (χ3v) is 4.78. The summed E-state index contributed by atoms with van der Waals surface area (Å²) in [6.45, 7) is 12.4. The Morgan fingerprint density at radius 1 is 0.963 bits per heavy atom. The highest BCUT2D eigenvalue weighted by Gasteiger charge is 2.17. The van der Waals surface area contributed by atoms with Crippen LogP contribution in [0.25, 0.3) is 0 Å². The van der Waals surface area contributed by atoms with Crippen molar-refractivity contribution in [3.8, 4) is 0 Å². The molecule has 0 fully saturated rings. The van der Waals surface area contributed by atoms with Gasteiger partial charge in [0.15, 0.2) is 0 Å². The van der Waals surface area contributed by atoms with E-state index in [1.807, 2.05) is 56.3 Å².